The number of nitrogens with zero attached hydrogens (tertiary/aromatic N) is 1. The molecule has 1 aliphatic rings. The van der Waals surface area contributed by atoms with E-state index < -0.39 is 0 Å². The fourth-order valence-electron chi connectivity index (χ4n) is 0.916. The number of rotatable bonds is 0. The molecule has 3 nitrogen and oxygen atoms in total. The molecule has 0 atom stereocenters. The molecular formula is C9H17Cl2N3. The highest BCUT2D eigenvalue weighted by atomic mass is 35.5. The molecule has 1 saturated heterocycles. The van der Waals surface area contributed by atoms with Crippen LogP contribution in [0, 0.1) is 0 Å². The molecule has 2 N–H and O–H groups in total. The van der Waals surface area contributed by atoms with Crippen LogP contribution < -0.4 is 10.6 Å². The first kappa shape index (κ1) is 16.1. The van der Waals surface area contributed by atoms with E-state index >= 15 is 0 Å². The van der Waals surface area contributed by atoms with Crippen LogP contribution in [-0.2, 0) is 0 Å². The number of hydrogen-bond donors (Lipinski definition) is 2. The van der Waals surface area contributed by atoms with Gasteiger partial charge in [-0.2, -0.15) is 0 Å². The number of nitrogens with one attached hydrogen (secondary N) is 2. The van der Waals surface area contributed by atoms with E-state index in [0.29, 0.717) is 0 Å². The third kappa shape index (κ3) is 9.74. The summed E-state index contributed by atoms with van der Waals surface area (Å²) in [4.78, 5) is 3.78. The van der Waals surface area contributed by atoms with Crippen molar-refractivity contribution in [1.82, 2.24) is 15.6 Å². The van der Waals surface area contributed by atoms with Crippen molar-refractivity contribution in [3.8, 4) is 0 Å². The van der Waals surface area contributed by atoms with Gasteiger partial charge in [-0.15, -0.1) is 24.8 Å². The number of halogens is 2. The van der Waals surface area contributed by atoms with Crippen LogP contribution in [0.3, 0.4) is 0 Å². The Bertz CT molecular complexity index is 142. The summed E-state index contributed by atoms with van der Waals surface area (Å²) >= 11 is 0. The maximum absolute atomic E-state index is 3.78. The standard InChI is InChI=1S/C5H5N.C4H10N2.2ClH/c1-2-4-6-5-3-1;1-2-6-4-3-5-1;;/h1-5H;5-6H,1-4H2;2*1H. The van der Waals surface area contributed by atoms with E-state index in [9.17, 15) is 0 Å². The molecule has 0 aromatic carbocycles. The fourth-order valence-corrected chi connectivity index (χ4v) is 0.916. The highest BCUT2D eigenvalue weighted by Crippen LogP contribution is 1.73. The van der Waals surface area contributed by atoms with Gasteiger partial charge in [-0.05, 0) is 12.1 Å². The minimum absolute atomic E-state index is 0. The summed E-state index contributed by atoms with van der Waals surface area (Å²) < 4.78 is 0. The Kier molecular flexibility index (Phi) is 14.5. The molecule has 2 heterocycles. The average Bonchev–Trinajstić information content (AvgIpc) is 2.24. The minimum Gasteiger partial charge on any atom is -0.314 e. The van der Waals surface area contributed by atoms with Crippen LogP contribution in [-0.4, -0.2) is 31.2 Å². The Morgan fingerprint density at radius 1 is 0.714 bits per heavy atom. The maximum Gasteiger partial charge on any atom is 0.0267 e. The topological polar surface area (TPSA) is 37.0 Å². The molecule has 5 heteroatoms. The Hall–Kier alpha value is -0.350. The van der Waals surface area contributed by atoms with Gasteiger partial charge in [0.25, 0.3) is 0 Å². The van der Waals surface area contributed by atoms with Crippen LogP contribution in [0.25, 0.3) is 0 Å². The van der Waals surface area contributed by atoms with Gasteiger partial charge in [-0.1, -0.05) is 6.07 Å². The lowest BCUT2D eigenvalue weighted by molar-refractivity contribution is 0.534. The zero-order valence-electron chi connectivity index (χ0n) is 7.98. The van der Waals surface area contributed by atoms with Crippen molar-refractivity contribution in [1.29, 1.82) is 0 Å². The van der Waals surface area contributed by atoms with E-state index in [0.717, 1.165) is 26.2 Å². The summed E-state index contributed by atoms with van der Waals surface area (Å²) in [6, 6.07) is 5.72. The molecular weight excluding hydrogens is 221 g/mol. The molecule has 1 fully saturated rings. The second-order valence-electron chi connectivity index (χ2n) is 2.52. The van der Waals surface area contributed by atoms with Gasteiger partial charge in [-0.25, -0.2) is 0 Å². The summed E-state index contributed by atoms with van der Waals surface area (Å²) in [6.07, 6.45) is 3.50. The Morgan fingerprint density at radius 2 is 1.14 bits per heavy atom. The second kappa shape index (κ2) is 12.7. The maximum atomic E-state index is 3.78. The van der Waals surface area contributed by atoms with Crippen molar-refractivity contribution in [2.24, 2.45) is 0 Å². The van der Waals surface area contributed by atoms with Crippen LogP contribution in [0.2, 0.25) is 0 Å². The minimum atomic E-state index is 0. The predicted octanol–water partition coefficient (Wildman–Crippen LogP) is 1.10. The molecule has 0 spiro atoms. The molecule has 1 aliphatic heterocycles. The quantitative estimate of drug-likeness (QED) is 0.710. The number of aromatic nitrogens is 1. The smallest absolute Gasteiger partial charge is 0.0267 e. The van der Waals surface area contributed by atoms with Crippen LogP contribution in [0.5, 0.6) is 0 Å². The number of hydrogen-bond acceptors (Lipinski definition) is 3. The lowest BCUT2D eigenvalue weighted by atomic mass is 10.4. The van der Waals surface area contributed by atoms with Crippen molar-refractivity contribution in [2.75, 3.05) is 26.2 Å². The first-order valence-corrected chi connectivity index (χ1v) is 4.26. The zero-order valence-corrected chi connectivity index (χ0v) is 9.61. The normalized spacial score (nSPS) is 13.7. The summed E-state index contributed by atoms with van der Waals surface area (Å²) in [7, 11) is 0. The Balaban J connectivity index is 0. The van der Waals surface area contributed by atoms with E-state index in [2.05, 4.69) is 15.6 Å². The molecule has 1 aromatic heterocycles. The monoisotopic (exact) mass is 237 g/mol. The molecule has 0 unspecified atom stereocenters. The van der Waals surface area contributed by atoms with Gasteiger partial charge in [0.1, 0.15) is 0 Å². The van der Waals surface area contributed by atoms with Crippen molar-refractivity contribution in [3.63, 3.8) is 0 Å². The lowest BCUT2D eigenvalue weighted by Gasteiger charge is -2.11. The SMILES string of the molecule is C1CNCCN1.Cl.Cl.c1ccncc1. The lowest BCUT2D eigenvalue weighted by Crippen LogP contribution is -2.39. The number of pyridine rings is 1. The summed E-state index contributed by atoms with van der Waals surface area (Å²) in [5.74, 6) is 0. The molecule has 0 aliphatic carbocycles. The predicted molar refractivity (Wildman–Crippen MR) is 64.5 cm³/mol. The van der Waals surface area contributed by atoms with Crippen LogP contribution >= 0.6 is 24.8 Å². The largest absolute Gasteiger partial charge is 0.314 e. The van der Waals surface area contributed by atoms with E-state index in [-0.39, 0.29) is 24.8 Å². The molecule has 1 aromatic rings. The summed E-state index contributed by atoms with van der Waals surface area (Å²) in [6.45, 7) is 4.56. The highest BCUT2D eigenvalue weighted by molar-refractivity contribution is 5.85. The van der Waals surface area contributed by atoms with Crippen molar-refractivity contribution >= 4 is 24.8 Å². The average molecular weight is 238 g/mol. The third-order valence-electron chi connectivity index (χ3n) is 1.52. The molecule has 0 radical (unpaired) electrons. The summed E-state index contributed by atoms with van der Waals surface area (Å²) in [5.41, 5.74) is 0. The Labute approximate surface area is 97.5 Å². The highest BCUT2D eigenvalue weighted by Gasteiger charge is 1.91. The molecule has 0 saturated carbocycles. The molecule has 14 heavy (non-hydrogen) atoms. The molecule has 82 valence electrons. The van der Waals surface area contributed by atoms with E-state index in [1.165, 1.54) is 0 Å². The zero-order chi connectivity index (χ0) is 8.49. The Morgan fingerprint density at radius 3 is 1.29 bits per heavy atom. The van der Waals surface area contributed by atoms with Crippen molar-refractivity contribution in [2.45, 2.75) is 0 Å². The van der Waals surface area contributed by atoms with Gasteiger partial charge in [0, 0.05) is 38.6 Å². The fraction of sp³-hybridized carbons (Fsp3) is 0.444. The molecule has 0 amide bonds. The van der Waals surface area contributed by atoms with Gasteiger partial charge in [0.05, 0.1) is 0 Å². The van der Waals surface area contributed by atoms with E-state index in [4.69, 9.17) is 0 Å². The van der Waals surface area contributed by atoms with Crippen LogP contribution in [0.1, 0.15) is 0 Å². The molecule has 0 bridgehead atoms. The van der Waals surface area contributed by atoms with E-state index in [1.807, 2.05) is 18.2 Å². The van der Waals surface area contributed by atoms with Gasteiger partial charge in [0.15, 0.2) is 0 Å². The van der Waals surface area contributed by atoms with Gasteiger partial charge >= 0.3 is 0 Å². The van der Waals surface area contributed by atoms with Gasteiger partial charge in [-0.3, -0.25) is 4.98 Å². The van der Waals surface area contributed by atoms with Crippen LogP contribution in [0.4, 0.5) is 0 Å². The van der Waals surface area contributed by atoms with Crippen LogP contribution in [0.15, 0.2) is 30.6 Å². The third-order valence-corrected chi connectivity index (χ3v) is 1.52. The summed E-state index contributed by atoms with van der Waals surface area (Å²) in [5, 5.41) is 6.44. The second-order valence-corrected chi connectivity index (χ2v) is 2.52. The van der Waals surface area contributed by atoms with E-state index in [1.54, 1.807) is 12.4 Å². The van der Waals surface area contributed by atoms with Crippen molar-refractivity contribution < 1.29 is 0 Å². The first-order chi connectivity index (χ1) is 6.00. The first-order valence-electron chi connectivity index (χ1n) is 4.26. The molecule has 2 rings (SSSR count). The number of piperazine rings is 1. The van der Waals surface area contributed by atoms with Gasteiger partial charge < -0.3 is 10.6 Å². The van der Waals surface area contributed by atoms with Crippen molar-refractivity contribution in [3.05, 3.63) is 30.6 Å². The van der Waals surface area contributed by atoms with Gasteiger partial charge in [0.2, 0.25) is 0 Å².